The first-order valence-corrected chi connectivity index (χ1v) is 4.18. The Hall–Kier alpha value is -0.610. The van der Waals surface area contributed by atoms with E-state index in [0.717, 1.165) is 12.8 Å². The fraction of sp³-hybridized carbons (Fsp3) is 0.875. The quantitative estimate of drug-likeness (QED) is 0.578. The summed E-state index contributed by atoms with van der Waals surface area (Å²) in [7, 11) is 0. The summed E-state index contributed by atoms with van der Waals surface area (Å²) in [5.41, 5.74) is 5.24. The molecule has 0 aromatic heterocycles. The highest BCUT2D eigenvalue weighted by atomic mass is 16.5. The van der Waals surface area contributed by atoms with E-state index in [1.54, 1.807) is 0 Å². The van der Waals surface area contributed by atoms with Crippen LogP contribution in [0, 0.1) is 0 Å². The molecule has 0 saturated heterocycles. The van der Waals surface area contributed by atoms with E-state index in [4.69, 9.17) is 15.6 Å². The molecule has 3 N–H and O–H groups in total. The lowest BCUT2D eigenvalue weighted by Gasteiger charge is -2.14. The second-order valence-electron chi connectivity index (χ2n) is 2.83. The van der Waals surface area contributed by atoms with Gasteiger partial charge in [-0.3, -0.25) is 4.79 Å². The van der Waals surface area contributed by atoms with Gasteiger partial charge in [-0.05, 0) is 13.3 Å². The largest absolute Gasteiger partial charge is 0.461 e. The number of ether oxygens (including phenoxy) is 1. The predicted octanol–water partition coefficient (Wildman–Crippen LogP) is 0.0378. The molecule has 72 valence electrons. The third-order valence-electron chi connectivity index (χ3n) is 1.51. The predicted molar refractivity (Wildman–Crippen MR) is 45.5 cm³/mol. The topological polar surface area (TPSA) is 72.5 Å². The van der Waals surface area contributed by atoms with Crippen LogP contribution in [0.4, 0.5) is 0 Å². The van der Waals surface area contributed by atoms with Crippen LogP contribution >= 0.6 is 0 Å². The average Bonchev–Trinajstić information content (AvgIpc) is 2.03. The number of carbonyl (C=O) groups excluding carboxylic acids is 1. The normalized spacial score (nSPS) is 15.3. The zero-order valence-electron chi connectivity index (χ0n) is 7.62. The molecular formula is C8H17NO3. The van der Waals surface area contributed by atoms with Gasteiger partial charge in [0.2, 0.25) is 0 Å². The number of nitrogens with two attached hydrogens (primary N) is 1. The second-order valence-corrected chi connectivity index (χ2v) is 2.83. The van der Waals surface area contributed by atoms with E-state index < -0.39 is 12.0 Å². The van der Waals surface area contributed by atoms with E-state index in [1.165, 1.54) is 0 Å². The van der Waals surface area contributed by atoms with Gasteiger partial charge in [0.15, 0.2) is 0 Å². The van der Waals surface area contributed by atoms with E-state index >= 15 is 0 Å². The van der Waals surface area contributed by atoms with Crippen molar-refractivity contribution in [1.82, 2.24) is 0 Å². The first kappa shape index (κ1) is 11.4. The van der Waals surface area contributed by atoms with Crippen molar-refractivity contribution in [2.75, 3.05) is 6.61 Å². The van der Waals surface area contributed by atoms with E-state index in [0.29, 0.717) is 0 Å². The molecule has 0 radical (unpaired) electrons. The number of rotatable bonds is 5. The van der Waals surface area contributed by atoms with Crippen LogP contribution in [0.1, 0.15) is 26.7 Å². The Kier molecular flexibility index (Phi) is 5.66. The first-order chi connectivity index (χ1) is 5.61. The molecule has 0 aliphatic carbocycles. The summed E-state index contributed by atoms with van der Waals surface area (Å²) in [6.45, 7) is 3.46. The lowest BCUT2D eigenvalue weighted by Crippen LogP contribution is -2.37. The third kappa shape index (κ3) is 4.31. The maximum Gasteiger partial charge on any atom is 0.325 e. The van der Waals surface area contributed by atoms with E-state index in [9.17, 15) is 4.79 Å². The van der Waals surface area contributed by atoms with Crippen molar-refractivity contribution in [3.05, 3.63) is 0 Å². The average molecular weight is 175 g/mol. The van der Waals surface area contributed by atoms with Gasteiger partial charge in [0.25, 0.3) is 0 Å². The van der Waals surface area contributed by atoms with E-state index in [-0.39, 0.29) is 12.7 Å². The summed E-state index contributed by atoms with van der Waals surface area (Å²) in [5.74, 6) is -0.529. The molecule has 1 unspecified atom stereocenters. The molecule has 4 heteroatoms. The number of carbonyl (C=O) groups is 1. The molecule has 0 heterocycles. The fourth-order valence-corrected chi connectivity index (χ4v) is 0.826. The summed E-state index contributed by atoms with van der Waals surface area (Å²) < 4.78 is 4.92. The smallest absolute Gasteiger partial charge is 0.325 e. The molecule has 0 aromatic carbocycles. The van der Waals surface area contributed by atoms with Crippen LogP contribution in [0.5, 0.6) is 0 Å². The third-order valence-corrected chi connectivity index (χ3v) is 1.51. The molecule has 0 rings (SSSR count). The van der Waals surface area contributed by atoms with Gasteiger partial charge in [-0.25, -0.2) is 0 Å². The summed E-state index contributed by atoms with van der Waals surface area (Å²) in [6, 6.07) is -0.899. The lowest BCUT2D eigenvalue weighted by molar-refractivity contribution is -0.151. The number of esters is 1. The molecule has 2 atom stereocenters. The van der Waals surface area contributed by atoms with Crippen molar-refractivity contribution in [3.63, 3.8) is 0 Å². The Morgan fingerprint density at radius 3 is 2.67 bits per heavy atom. The Morgan fingerprint density at radius 1 is 1.67 bits per heavy atom. The van der Waals surface area contributed by atoms with Crippen LogP contribution in [-0.2, 0) is 9.53 Å². The first-order valence-electron chi connectivity index (χ1n) is 4.18. The lowest BCUT2D eigenvalue weighted by atomic mass is 10.2. The maximum absolute atomic E-state index is 11.0. The standard InChI is InChI=1S/C8H17NO3/c1-3-4-6(2)12-8(11)7(9)5-10/h6-7,10H,3-5,9H2,1-2H3/t6?,7-/m0/s1. The van der Waals surface area contributed by atoms with Crippen molar-refractivity contribution in [3.8, 4) is 0 Å². The number of hydrogen-bond acceptors (Lipinski definition) is 4. The zero-order chi connectivity index (χ0) is 9.56. The van der Waals surface area contributed by atoms with Crippen LogP contribution in [0.2, 0.25) is 0 Å². The van der Waals surface area contributed by atoms with E-state index in [1.807, 2.05) is 13.8 Å². The number of aliphatic hydroxyl groups excluding tert-OH is 1. The van der Waals surface area contributed by atoms with Crippen molar-refractivity contribution in [2.24, 2.45) is 5.73 Å². The van der Waals surface area contributed by atoms with Crippen LogP contribution < -0.4 is 5.73 Å². The molecule has 4 nitrogen and oxygen atoms in total. The van der Waals surface area contributed by atoms with E-state index in [2.05, 4.69) is 0 Å². The molecule has 0 aliphatic rings. The van der Waals surface area contributed by atoms with Crippen molar-refractivity contribution in [2.45, 2.75) is 38.8 Å². The Labute approximate surface area is 72.7 Å². The van der Waals surface area contributed by atoms with Crippen molar-refractivity contribution >= 4 is 5.97 Å². The molecule has 0 spiro atoms. The summed E-state index contributed by atoms with van der Waals surface area (Å²) in [6.07, 6.45) is 1.67. The van der Waals surface area contributed by atoms with Crippen LogP contribution in [-0.4, -0.2) is 29.8 Å². The SMILES string of the molecule is CCCC(C)OC(=O)[C@@H](N)CO. The van der Waals surface area contributed by atoms with Crippen LogP contribution in [0.3, 0.4) is 0 Å². The van der Waals surface area contributed by atoms with Crippen LogP contribution in [0.25, 0.3) is 0 Å². The van der Waals surface area contributed by atoms with Gasteiger partial charge in [-0.1, -0.05) is 13.3 Å². The molecule has 0 fully saturated rings. The fourth-order valence-electron chi connectivity index (χ4n) is 0.826. The van der Waals surface area contributed by atoms with Gasteiger partial charge in [-0.15, -0.1) is 0 Å². The molecule has 0 aromatic rings. The van der Waals surface area contributed by atoms with Gasteiger partial charge in [-0.2, -0.15) is 0 Å². The molecule has 0 saturated carbocycles. The van der Waals surface area contributed by atoms with Gasteiger partial charge in [0.05, 0.1) is 12.7 Å². The number of aliphatic hydroxyl groups is 1. The summed E-state index contributed by atoms with van der Waals surface area (Å²) in [4.78, 5) is 11.0. The van der Waals surface area contributed by atoms with Gasteiger partial charge >= 0.3 is 5.97 Å². The Balaban J connectivity index is 3.67. The minimum atomic E-state index is -0.899. The molecular weight excluding hydrogens is 158 g/mol. The highest BCUT2D eigenvalue weighted by Gasteiger charge is 2.15. The van der Waals surface area contributed by atoms with Crippen molar-refractivity contribution in [1.29, 1.82) is 0 Å². The number of hydrogen-bond donors (Lipinski definition) is 2. The zero-order valence-corrected chi connectivity index (χ0v) is 7.62. The van der Waals surface area contributed by atoms with Gasteiger partial charge < -0.3 is 15.6 Å². The Bertz CT molecular complexity index is 138. The molecule has 0 aliphatic heterocycles. The molecule has 0 amide bonds. The highest BCUT2D eigenvalue weighted by molar-refractivity contribution is 5.75. The molecule has 0 bridgehead atoms. The minimum Gasteiger partial charge on any atom is -0.461 e. The van der Waals surface area contributed by atoms with Crippen LogP contribution in [0.15, 0.2) is 0 Å². The summed E-state index contributed by atoms with van der Waals surface area (Å²) >= 11 is 0. The second kappa shape index (κ2) is 5.97. The maximum atomic E-state index is 11.0. The Morgan fingerprint density at radius 2 is 2.25 bits per heavy atom. The van der Waals surface area contributed by atoms with Gasteiger partial charge in [0.1, 0.15) is 6.04 Å². The minimum absolute atomic E-state index is 0.111. The van der Waals surface area contributed by atoms with Gasteiger partial charge in [0, 0.05) is 0 Å². The molecule has 12 heavy (non-hydrogen) atoms. The van der Waals surface area contributed by atoms with Crippen molar-refractivity contribution < 1.29 is 14.6 Å². The monoisotopic (exact) mass is 175 g/mol. The highest BCUT2D eigenvalue weighted by Crippen LogP contribution is 2.01. The summed E-state index contributed by atoms with van der Waals surface area (Å²) in [5, 5.41) is 8.52.